The number of nitrogens with one attached hydrogen (secondary N) is 1. The highest BCUT2D eigenvalue weighted by molar-refractivity contribution is 7.17. The Bertz CT molecular complexity index is 1590. The predicted molar refractivity (Wildman–Crippen MR) is 127 cm³/mol. The molecule has 0 unspecified atom stereocenters. The molecule has 8 nitrogen and oxygen atoms in total. The lowest BCUT2D eigenvalue weighted by Crippen LogP contribution is -2.29. The van der Waals surface area contributed by atoms with Gasteiger partial charge in [-0.2, -0.15) is 0 Å². The van der Waals surface area contributed by atoms with Crippen molar-refractivity contribution in [3.63, 3.8) is 0 Å². The Morgan fingerprint density at radius 3 is 2.69 bits per heavy atom. The Kier molecular flexibility index (Phi) is 5.03. The van der Waals surface area contributed by atoms with Crippen LogP contribution in [0.1, 0.15) is 16.0 Å². The summed E-state index contributed by atoms with van der Waals surface area (Å²) in [6.07, 6.45) is 0. The first-order valence-corrected chi connectivity index (χ1v) is 11.7. The number of fused-ring (bicyclic) bond motifs is 3. The van der Waals surface area contributed by atoms with Crippen LogP contribution in [-0.4, -0.2) is 24.7 Å². The van der Waals surface area contributed by atoms with Gasteiger partial charge < -0.3 is 5.32 Å². The molecule has 0 radical (unpaired) electrons. The first kappa shape index (κ1) is 20.4. The molecule has 1 amide bonds. The zero-order chi connectivity index (χ0) is 22.4. The van der Waals surface area contributed by atoms with Crippen LogP contribution in [0.25, 0.3) is 16.0 Å². The summed E-state index contributed by atoms with van der Waals surface area (Å²) in [4.78, 5) is 40.0. The van der Waals surface area contributed by atoms with E-state index in [-0.39, 0.29) is 23.8 Å². The summed E-state index contributed by atoms with van der Waals surface area (Å²) < 4.78 is 4.49. The quantitative estimate of drug-likeness (QED) is 0.432. The van der Waals surface area contributed by atoms with Crippen molar-refractivity contribution >= 4 is 50.3 Å². The van der Waals surface area contributed by atoms with Gasteiger partial charge in [0.15, 0.2) is 0 Å². The van der Waals surface area contributed by atoms with Gasteiger partial charge >= 0.3 is 5.69 Å². The number of hydrogen-bond donors (Lipinski definition) is 1. The zero-order valence-corrected chi connectivity index (χ0v) is 19.0. The van der Waals surface area contributed by atoms with Gasteiger partial charge in [0.05, 0.1) is 12.1 Å². The normalized spacial score (nSPS) is 11.4. The number of carbonyl (C=O) groups is 1. The van der Waals surface area contributed by atoms with Crippen LogP contribution in [0.3, 0.4) is 0 Å². The maximum Gasteiger partial charge on any atom is 0.352 e. The number of thiophene rings is 2. The summed E-state index contributed by atoms with van der Waals surface area (Å²) in [5.74, 6) is -0.142. The van der Waals surface area contributed by atoms with Crippen molar-refractivity contribution in [3.8, 4) is 0 Å². The van der Waals surface area contributed by atoms with Crippen LogP contribution in [0.2, 0.25) is 0 Å². The summed E-state index contributed by atoms with van der Waals surface area (Å²) in [6, 6.07) is 11.2. The van der Waals surface area contributed by atoms with E-state index in [1.807, 2.05) is 49.6 Å². The van der Waals surface area contributed by atoms with Crippen molar-refractivity contribution in [2.75, 3.05) is 5.32 Å². The molecule has 10 heteroatoms. The molecule has 32 heavy (non-hydrogen) atoms. The zero-order valence-electron chi connectivity index (χ0n) is 17.4. The standard InChI is InChI=1S/C22H19N5O3S2/c1-13-5-3-7-16(14(13)2)23-18(28)12-26-22(30)27-17-8-10-32-19(17)20(29)25(21(27)24-26)11-15-6-4-9-31-15/h3-10H,11-12H2,1-2H3,(H,23,28). The van der Waals surface area contributed by atoms with E-state index in [1.165, 1.54) is 31.6 Å². The van der Waals surface area contributed by atoms with Gasteiger partial charge in [-0.3, -0.25) is 14.2 Å². The first-order chi connectivity index (χ1) is 15.4. The number of rotatable bonds is 5. The van der Waals surface area contributed by atoms with E-state index in [0.29, 0.717) is 22.4 Å². The number of hydrogen-bond acceptors (Lipinski definition) is 6. The third kappa shape index (κ3) is 3.37. The number of anilines is 1. The minimum atomic E-state index is -0.459. The highest BCUT2D eigenvalue weighted by Gasteiger charge is 2.20. The van der Waals surface area contributed by atoms with Crippen molar-refractivity contribution in [2.45, 2.75) is 26.9 Å². The van der Waals surface area contributed by atoms with Crippen LogP contribution >= 0.6 is 22.7 Å². The van der Waals surface area contributed by atoms with Gasteiger partial charge in [-0.25, -0.2) is 13.9 Å². The number of amides is 1. The van der Waals surface area contributed by atoms with E-state index in [0.717, 1.165) is 20.7 Å². The monoisotopic (exact) mass is 465 g/mol. The van der Waals surface area contributed by atoms with Crippen LogP contribution in [0, 0.1) is 13.8 Å². The van der Waals surface area contributed by atoms with Gasteiger partial charge in [0, 0.05) is 10.6 Å². The average Bonchev–Trinajstić information content (AvgIpc) is 3.50. The smallest absolute Gasteiger partial charge is 0.324 e. The Balaban J connectivity index is 1.58. The second-order valence-electron chi connectivity index (χ2n) is 7.48. The predicted octanol–water partition coefficient (Wildman–Crippen LogP) is 3.24. The lowest BCUT2D eigenvalue weighted by molar-refractivity contribution is -0.117. The summed E-state index contributed by atoms with van der Waals surface area (Å²) >= 11 is 2.81. The number of carbonyl (C=O) groups excluding carboxylic acids is 1. The van der Waals surface area contributed by atoms with Gasteiger partial charge in [0.25, 0.3) is 5.56 Å². The maximum atomic E-state index is 13.2. The summed E-state index contributed by atoms with van der Waals surface area (Å²) in [5, 5.41) is 10.9. The Morgan fingerprint density at radius 1 is 1.06 bits per heavy atom. The van der Waals surface area contributed by atoms with Crippen molar-refractivity contribution in [3.05, 3.63) is 84.0 Å². The van der Waals surface area contributed by atoms with Gasteiger partial charge in [-0.1, -0.05) is 18.2 Å². The van der Waals surface area contributed by atoms with E-state index in [2.05, 4.69) is 10.4 Å². The van der Waals surface area contributed by atoms with Crippen LogP contribution in [0.15, 0.2) is 56.7 Å². The summed E-state index contributed by atoms with van der Waals surface area (Å²) in [7, 11) is 0. The number of benzene rings is 1. The molecule has 162 valence electrons. The van der Waals surface area contributed by atoms with Crippen molar-refractivity contribution in [1.29, 1.82) is 0 Å². The van der Waals surface area contributed by atoms with Crippen LogP contribution in [0.4, 0.5) is 5.69 Å². The fraction of sp³-hybridized carbons (Fsp3) is 0.182. The fourth-order valence-electron chi connectivity index (χ4n) is 3.65. The largest absolute Gasteiger partial charge is 0.352 e. The van der Waals surface area contributed by atoms with Crippen molar-refractivity contribution in [1.82, 2.24) is 18.7 Å². The molecule has 5 rings (SSSR count). The molecule has 0 saturated heterocycles. The molecular formula is C22H19N5O3S2. The van der Waals surface area contributed by atoms with Crippen LogP contribution in [-0.2, 0) is 17.9 Å². The van der Waals surface area contributed by atoms with Gasteiger partial charge in [0.1, 0.15) is 11.2 Å². The molecule has 0 aliphatic rings. The molecule has 0 spiro atoms. The van der Waals surface area contributed by atoms with Gasteiger partial charge in [-0.05, 0) is 53.9 Å². The molecule has 4 heterocycles. The molecule has 0 saturated carbocycles. The molecule has 0 aliphatic carbocycles. The van der Waals surface area contributed by atoms with E-state index < -0.39 is 5.69 Å². The number of nitrogens with zero attached hydrogens (tertiary/aromatic N) is 4. The molecule has 5 aromatic rings. The number of aryl methyl sites for hydroxylation is 1. The highest BCUT2D eigenvalue weighted by Crippen LogP contribution is 2.20. The maximum absolute atomic E-state index is 13.2. The summed E-state index contributed by atoms with van der Waals surface area (Å²) in [5.41, 5.74) is 2.57. The van der Waals surface area contributed by atoms with Gasteiger partial charge in [-0.15, -0.1) is 27.8 Å². The lowest BCUT2D eigenvalue weighted by atomic mass is 10.1. The minimum absolute atomic E-state index is 0.201. The Morgan fingerprint density at radius 2 is 1.91 bits per heavy atom. The van der Waals surface area contributed by atoms with Crippen molar-refractivity contribution < 1.29 is 4.79 Å². The topological polar surface area (TPSA) is 90.4 Å². The highest BCUT2D eigenvalue weighted by atomic mass is 32.1. The molecule has 1 N–H and O–H groups in total. The minimum Gasteiger partial charge on any atom is -0.324 e. The second kappa shape index (κ2) is 7.88. The van der Waals surface area contributed by atoms with E-state index in [1.54, 1.807) is 11.4 Å². The molecule has 0 bridgehead atoms. The molecule has 0 fully saturated rings. The third-order valence-corrected chi connectivity index (χ3v) is 7.21. The fourth-order valence-corrected chi connectivity index (χ4v) is 5.17. The average molecular weight is 466 g/mol. The Hall–Kier alpha value is -3.50. The lowest BCUT2D eigenvalue weighted by Gasteiger charge is -2.09. The van der Waals surface area contributed by atoms with Crippen LogP contribution < -0.4 is 16.6 Å². The molecular weight excluding hydrogens is 446 g/mol. The van der Waals surface area contributed by atoms with E-state index in [4.69, 9.17) is 0 Å². The third-order valence-electron chi connectivity index (χ3n) is 5.45. The Labute approximate surface area is 190 Å². The van der Waals surface area contributed by atoms with Crippen molar-refractivity contribution in [2.24, 2.45) is 0 Å². The van der Waals surface area contributed by atoms with E-state index >= 15 is 0 Å². The molecule has 0 atom stereocenters. The van der Waals surface area contributed by atoms with Gasteiger partial charge in [0.2, 0.25) is 11.7 Å². The van der Waals surface area contributed by atoms with Crippen LogP contribution in [0.5, 0.6) is 0 Å². The first-order valence-electron chi connectivity index (χ1n) is 9.92. The van der Waals surface area contributed by atoms with E-state index in [9.17, 15) is 14.4 Å². The molecule has 0 aliphatic heterocycles. The SMILES string of the molecule is Cc1cccc(NC(=O)Cn2nc3n(Cc4cccs4)c(=O)c4sccc4n3c2=O)c1C. The molecule has 1 aromatic carbocycles. The molecule has 4 aromatic heterocycles. The second-order valence-corrected chi connectivity index (χ2v) is 9.43. The number of aromatic nitrogens is 4. The summed E-state index contributed by atoms with van der Waals surface area (Å²) in [6.45, 7) is 3.95.